The highest BCUT2D eigenvalue weighted by atomic mass is 79.9. The zero-order valence-electron chi connectivity index (χ0n) is 10.1. The Morgan fingerprint density at radius 1 is 1.05 bits per heavy atom. The molecular formula is C15H13Br2FO. The molecule has 0 aliphatic heterocycles. The molecule has 1 unspecified atom stereocenters. The third-order valence-corrected chi connectivity index (χ3v) is 4.04. The van der Waals surface area contributed by atoms with Crippen molar-refractivity contribution < 1.29 is 9.50 Å². The first-order chi connectivity index (χ1) is 9.04. The zero-order valence-corrected chi connectivity index (χ0v) is 13.3. The van der Waals surface area contributed by atoms with Gasteiger partial charge in [0.1, 0.15) is 5.82 Å². The summed E-state index contributed by atoms with van der Waals surface area (Å²) in [5, 5.41) is 10.1. The number of aliphatic hydroxyl groups excluding tert-OH is 1. The molecule has 0 aromatic heterocycles. The van der Waals surface area contributed by atoms with Crippen LogP contribution in [-0.2, 0) is 12.8 Å². The van der Waals surface area contributed by atoms with Crippen LogP contribution in [-0.4, -0.2) is 11.2 Å². The Hall–Kier alpha value is -0.710. The van der Waals surface area contributed by atoms with Crippen molar-refractivity contribution in [2.75, 3.05) is 0 Å². The lowest BCUT2D eigenvalue weighted by molar-refractivity contribution is 0.175. The van der Waals surface area contributed by atoms with Crippen molar-refractivity contribution in [3.05, 3.63) is 68.4 Å². The molecule has 0 saturated carbocycles. The second-order valence-corrected chi connectivity index (χ2v) is 6.20. The van der Waals surface area contributed by atoms with Gasteiger partial charge in [-0.2, -0.15) is 0 Å². The van der Waals surface area contributed by atoms with E-state index >= 15 is 0 Å². The van der Waals surface area contributed by atoms with Crippen LogP contribution in [0.3, 0.4) is 0 Å². The number of benzene rings is 2. The predicted molar refractivity (Wildman–Crippen MR) is 81.7 cm³/mol. The number of halogens is 3. The lowest BCUT2D eigenvalue weighted by Gasteiger charge is -2.12. The quantitative estimate of drug-likeness (QED) is 0.818. The summed E-state index contributed by atoms with van der Waals surface area (Å²) in [5.74, 6) is -0.294. The molecule has 2 aromatic rings. The number of rotatable bonds is 4. The monoisotopic (exact) mass is 386 g/mol. The summed E-state index contributed by atoms with van der Waals surface area (Å²) in [5.41, 5.74) is 1.83. The van der Waals surface area contributed by atoms with Crippen molar-refractivity contribution in [1.29, 1.82) is 0 Å². The Morgan fingerprint density at radius 2 is 1.79 bits per heavy atom. The fourth-order valence-corrected chi connectivity index (χ4v) is 2.95. The van der Waals surface area contributed by atoms with E-state index in [0.717, 1.165) is 15.6 Å². The van der Waals surface area contributed by atoms with Crippen LogP contribution in [0.25, 0.3) is 0 Å². The smallest absolute Gasteiger partial charge is 0.124 e. The first-order valence-corrected chi connectivity index (χ1v) is 7.49. The lowest BCUT2D eigenvalue weighted by Crippen LogP contribution is -2.14. The van der Waals surface area contributed by atoms with Gasteiger partial charge in [0.25, 0.3) is 0 Å². The molecule has 19 heavy (non-hydrogen) atoms. The summed E-state index contributed by atoms with van der Waals surface area (Å²) in [4.78, 5) is 0. The largest absolute Gasteiger partial charge is 0.392 e. The molecule has 0 spiro atoms. The molecule has 1 atom stereocenters. The molecule has 0 aliphatic carbocycles. The van der Waals surface area contributed by atoms with Crippen LogP contribution in [0.1, 0.15) is 11.1 Å². The summed E-state index contributed by atoms with van der Waals surface area (Å²) < 4.78 is 14.9. The van der Waals surface area contributed by atoms with Gasteiger partial charge < -0.3 is 5.11 Å². The molecule has 100 valence electrons. The van der Waals surface area contributed by atoms with Gasteiger partial charge in [0.05, 0.1) is 6.10 Å². The molecular weight excluding hydrogens is 375 g/mol. The van der Waals surface area contributed by atoms with E-state index in [1.807, 2.05) is 30.3 Å². The normalized spacial score (nSPS) is 12.4. The highest BCUT2D eigenvalue weighted by Crippen LogP contribution is 2.20. The summed E-state index contributed by atoms with van der Waals surface area (Å²) in [6.45, 7) is 0. The van der Waals surface area contributed by atoms with Crippen LogP contribution in [0.4, 0.5) is 4.39 Å². The molecule has 0 heterocycles. The van der Waals surface area contributed by atoms with E-state index in [9.17, 15) is 9.50 Å². The first kappa shape index (κ1) is 14.7. The SMILES string of the molecule is OC(Cc1cc(F)cc(Br)c1)Cc1ccccc1Br. The van der Waals surface area contributed by atoms with E-state index < -0.39 is 6.10 Å². The average molecular weight is 388 g/mol. The molecule has 0 fully saturated rings. The highest BCUT2D eigenvalue weighted by Gasteiger charge is 2.10. The molecule has 1 N–H and O–H groups in total. The Morgan fingerprint density at radius 3 is 2.47 bits per heavy atom. The van der Waals surface area contributed by atoms with Crippen molar-refractivity contribution in [3.63, 3.8) is 0 Å². The summed E-state index contributed by atoms with van der Waals surface area (Å²) in [7, 11) is 0. The Balaban J connectivity index is 2.05. The maximum Gasteiger partial charge on any atom is 0.124 e. The zero-order chi connectivity index (χ0) is 13.8. The van der Waals surface area contributed by atoms with E-state index in [0.29, 0.717) is 17.3 Å². The Bertz CT molecular complexity index is 552. The van der Waals surface area contributed by atoms with Gasteiger partial charge in [-0.25, -0.2) is 4.39 Å². The van der Waals surface area contributed by atoms with Crippen LogP contribution < -0.4 is 0 Å². The summed E-state index contributed by atoms with van der Waals surface area (Å²) in [6, 6.07) is 12.5. The van der Waals surface area contributed by atoms with Crippen LogP contribution in [0, 0.1) is 5.82 Å². The van der Waals surface area contributed by atoms with Crippen molar-refractivity contribution in [3.8, 4) is 0 Å². The van der Waals surface area contributed by atoms with Gasteiger partial charge in [-0.1, -0.05) is 50.1 Å². The number of hydrogen-bond donors (Lipinski definition) is 1. The molecule has 0 aliphatic rings. The van der Waals surface area contributed by atoms with Crippen LogP contribution in [0.15, 0.2) is 51.4 Å². The summed E-state index contributed by atoms with van der Waals surface area (Å²) >= 11 is 6.71. The van der Waals surface area contributed by atoms with E-state index in [-0.39, 0.29) is 5.82 Å². The Kier molecular flexibility index (Phi) is 5.13. The van der Waals surface area contributed by atoms with Gasteiger partial charge in [0, 0.05) is 8.95 Å². The second-order valence-electron chi connectivity index (χ2n) is 4.43. The Labute approximate surface area is 128 Å². The fourth-order valence-electron chi connectivity index (χ4n) is 1.99. The van der Waals surface area contributed by atoms with Gasteiger partial charge in [-0.3, -0.25) is 0 Å². The third-order valence-electron chi connectivity index (χ3n) is 2.81. The minimum atomic E-state index is -0.535. The fraction of sp³-hybridized carbons (Fsp3) is 0.200. The lowest BCUT2D eigenvalue weighted by atomic mass is 10.0. The van der Waals surface area contributed by atoms with Crippen molar-refractivity contribution in [2.24, 2.45) is 0 Å². The topological polar surface area (TPSA) is 20.2 Å². The van der Waals surface area contributed by atoms with Gasteiger partial charge in [-0.05, 0) is 48.2 Å². The van der Waals surface area contributed by atoms with Crippen LogP contribution in [0.2, 0.25) is 0 Å². The maximum absolute atomic E-state index is 13.3. The molecule has 4 heteroatoms. The first-order valence-electron chi connectivity index (χ1n) is 5.91. The van der Waals surface area contributed by atoms with Gasteiger partial charge in [0.15, 0.2) is 0 Å². The molecule has 0 bridgehead atoms. The van der Waals surface area contributed by atoms with Gasteiger partial charge in [0.2, 0.25) is 0 Å². The third kappa shape index (κ3) is 4.41. The minimum Gasteiger partial charge on any atom is -0.392 e. The predicted octanol–water partition coefficient (Wildman–Crippen LogP) is 4.50. The molecule has 1 nitrogen and oxygen atoms in total. The second kappa shape index (κ2) is 6.64. The van der Waals surface area contributed by atoms with Crippen molar-refractivity contribution in [1.82, 2.24) is 0 Å². The molecule has 0 saturated heterocycles. The van der Waals surface area contributed by atoms with Gasteiger partial charge >= 0.3 is 0 Å². The van der Waals surface area contributed by atoms with Gasteiger partial charge in [-0.15, -0.1) is 0 Å². The van der Waals surface area contributed by atoms with Crippen molar-refractivity contribution >= 4 is 31.9 Å². The number of hydrogen-bond acceptors (Lipinski definition) is 1. The van der Waals surface area contributed by atoms with E-state index in [4.69, 9.17) is 0 Å². The average Bonchev–Trinajstić information content (AvgIpc) is 2.30. The van der Waals surface area contributed by atoms with E-state index in [2.05, 4.69) is 31.9 Å². The molecule has 0 radical (unpaired) electrons. The van der Waals surface area contributed by atoms with Crippen LogP contribution in [0.5, 0.6) is 0 Å². The molecule has 0 amide bonds. The molecule has 2 rings (SSSR count). The molecule has 2 aromatic carbocycles. The number of aliphatic hydroxyl groups is 1. The standard InChI is InChI=1S/C15H13Br2FO/c16-12-5-10(6-13(18)9-12)7-14(19)8-11-3-1-2-4-15(11)17/h1-6,9,14,19H,7-8H2. The van der Waals surface area contributed by atoms with Crippen LogP contribution >= 0.6 is 31.9 Å². The van der Waals surface area contributed by atoms with E-state index in [1.54, 1.807) is 0 Å². The van der Waals surface area contributed by atoms with E-state index in [1.165, 1.54) is 12.1 Å². The summed E-state index contributed by atoms with van der Waals surface area (Å²) in [6.07, 6.45) is 0.431. The van der Waals surface area contributed by atoms with Crippen molar-refractivity contribution in [2.45, 2.75) is 18.9 Å². The highest BCUT2D eigenvalue weighted by molar-refractivity contribution is 9.10. The maximum atomic E-state index is 13.3. The minimum absolute atomic E-state index is 0.294.